The van der Waals surface area contributed by atoms with E-state index in [1.54, 1.807) is 6.92 Å². The Bertz CT molecular complexity index is 328. The molecule has 1 N–H and O–H groups in total. The first kappa shape index (κ1) is 12.9. The van der Waals surface area contributed by atoms with Crippen LogP contribution in [0.25, 0.3) is 0 Å². The average molecular weight is 243 g/mol. The van der Waals surface area contributed by atoms with Crippen LogP contribution in [0, 0.1) is 0 Å². The molecule has 0 aliphatic rings. The van der Waals surface area contributed by atoms with Gasteiger partial charge in [-0.25, -0.2) is 0 Å². The topological polar surface area (TPSA) is 64.1 Å². The predicted molar refractivity (Wildman–Crippen MR) is 63.6 cm³/mol. The molecule has 0 aliphatic heterocycles. The van der Waals surface area contributed by atoms with Crippen LogP contribution in [0.2, 0.25) is 0 Å². The molecule has 1 rings (SSSR count). The normalized spacial score (nSPS) is 10.1. The first-order valence-corrected chi connectivity index (χ1v) is 6.29. The Kier molecular flexibility index (Phi) is 5.77. The van der Waals surface area contributed by atoms with Crippen LogP contribution in [0.1, 0.15) is 31.7 Å². The summed E-state index contributed by atoms with van der Waals surface area (Å²) in [5, 5.41) is 12.9. The van der Waals surface area contributed by atoms with Gasteiger partial charge in [0.05, 0.1) is 13.0 Å². The van der Waals surface area contributed by atoms with Crippen LogP contribution in [-0.4, -0.2) is 29.3 Å². The van der Waals surface area contributed by atoms with Crippen molar-refractivity contribution in [3.8, 4) is 0 Å². The summed E-state index contributed by atoms with van der Waals surface area (Å²) in [6.45, 7) is 4.88. The van der Waals surface area contributed by atoms with E-state index in [0.717, 1.165) is 23.0 Å². The molecule has 1 heterocycles. The number of aryl methyl sites for hydroxylation is 1. The fourth-order valence-corrected chi connectivity index (χ4v) is 2.01. The maximum Gasteiger partial charge on any atom is 0.307 e. The summed E-state index contributed by atoms with van der Waals surface area (Å²) in [5.74, 6) is -0.187. The van der Waals surface area contributed by atoms with E-state index in [0.29, 0.717) is 19.6 Å². The number of carbonyl (C=O) groups is 1. The number of rotatable bonds is 7. The van der Waals surface area contributed by atoms with Crippen LogP contribution in [0.15, 0.2) is 0 Å². The lowest BCUT2D eigenvalue weighted by molar-refractivity contribution is -0.142. The van der Waals surface area contributed by atoms with Crippen molar-refractivity contribution in [2.24, 2.45) is 0 Å². The highest BCUT2D eigenvalue weighted by atomic mass is 32.1. The van der Waals surface area contributed by atoms with Crippen LogP contribution in [0.3, 0.4) is 0 Å². The molecule has 0 aromatic carbocycles. The second-order valence-electron chi connectivity index (χ2n) is 3.23. The number of esters is 1. The lowest BCUT2D eigenvalue weighted by Crippen LogP contribution is -2.11. The molecule has 1 aromatic rings. The van der Waals surface area contributed by atoms with Crippen molar-refractivity contribution < 1.29 is 9.53 Å². The molecule has 0 unspecified atom stereocenters. The SMILES string of the molecule is CCCc1nnc(NCCC(=O)OCC)s1. The van der Waals surface area contributed by atoms with Crippen molar-refractivity contribution in [3.05, 3.63) is 5.01 Å². The second-order valence-corrected chi connectivity index (χ2v) is 4.29. The summed E-state index contributed by atoms with van der Waals surface area (Å²) in [6, 6.07) is 0. The van der Waals surface area contributed by atoms with Gasteiger partial charge in [0.2, 0.25) is 5.13 Å². The summed E-state index contributed by atoms with van der Waals surface area (Å²) < 4.78 is 4.81. The zero-order valence-electron chi connectivity index (χ0n) is 9.65. The second kappa shape index (κ2) is 7.16. The van der Waals surface area contributed by atoms with E-state index < -0.39 is 0 Å². The zero-order valence-corrected chi connectivity index (χ0v) is 10.5. The Morgan fingerprint density at radius 2 is 2.25 bits per heavy atom. The molecule has 6 heteroatoms. The van der Waals surface area contributed by atoms with Crippen molar-refractivity contribution >= 4 is 22.4 Å². The maximum atomic E-state index is 11.0. The van der Waals surface area contributed by atoms with Gasteiger partial charge in [-0.1, -0.05) is 18.3 Å². The van der Waals surface area contributed by atoms with E-state index in [1.807, 2.05) is 0 Å². The molecule has 0 fully saturated rings. The number of aromatic nitrogens is 2. The number of nitrogens with one attached hydrogen (secondary N) is 1. The molecule has 0 aliphatic carbocycles. The van der Waals surface area contributed by atoms with Crippen LogP contribution in [0.4, 0.5) is 5.13 Å². The average Bonchev–Trinajstić information content (AvgIpc) is 2.67. The fraction of sp³-hybridized carbons (Fsp3) is 0.700. The van der Waals surface area contributed by atoms with E-state index in [1.165, 1.54) is 11.3 Å². The molecule has 5 nitrogen and oxygen atoms in total. The van der Waals surface area contributed by atoms with E-state index in [4.69, 9.17) is 4.74 Å². The Morgan fingerprint density at radius 1 is 1.44 bits per heavy atom. The lowest BCUT2D eigenvalue weighted by atomic mass is 10.4. The van der Waals surface area contributed by atoms with Gasteiger partial charge in [0.15, 0.2) is 0 Å². The molecule has 16 heavy (non-hydrogen) atoms. The molecule has 0 spiro atoms. The van der Waals surface area contributed by atoms with Crippen molar-refractivity contribution in [1.82, 2.24) is 10.2 Å². The Hall–Kier alpha value is -1.17. The minimum atomic E-state index is -0.187. The minimum Gasteiger partial charge on any atom is -0.466 e. The van der Waals surface area contributed by atoms with Gasteiger partial charge in [-0.2, -0.15) is 0 Å². The number of nitrogens with zero attached hydrogens (tertiary/aromatic N) is 2. The van der Waals surface area contributed by atoms with Crippen molar-refractivity contribution in [2.45, 2.75) is 33.1 Å². The number of ether oxygens (including phenoxy) is 1. The summed E-state index contributed by atoms with van der Waals surface area (Å²) in [5.41, 5.74) is 0. The number of carbonyl (C=O) groups excluding carboxylic acids is 1. The maximum absolute atomic E-state index is 11.0. The summed E-state index contributed by atoms with van der Waals surface area (Å²) in [7, 11) is 0. The van der Waals surface area contributed by atoms with E-state index in [-0.39, 0.29) is 5.97 Å². The lowest BCUT2D eigenvalue weighted by Gasteiger charge is -2.01. The fourth-order valence-electron chi connectivity index (χ4n) is 1.14. The minimum absolute atomic E-state index is 0.187. The standard InChI is InChI=1S/C10H17N3O2S/c1-3-5-8-12-13-10(16-8)11-7-6-9(14)15-4-2/h3-7H2,1-2H3,(H,11,13). The zero-order chi connectivity index (χ0) is 11.8. The monoisotopic (exact) mass is 243 g/mol. The van der Waals surface area contributed by atoms with Crippen LogP contribution in [0.5, 0.6) is 0 Å². The quantitative estimate of drug-likeness (QED) is 0.740. The molecule has 0 saturated carbocycles. The molecule has 0 amide bonds. The third-order valence-corrected chi connectivity index (χ3v) is 2.78. The largest absolute Gasteiger partial charge is 0.466 e. The van der Waals surface area contributed by atoms with Crippen LogP contribution >= 0.6 is 11.3 Å². The Balaban J connectivity index is 2.23. The van der Waals surface area contributed by atoms with Gasteiger partial charge in [-0.05, 0) is 13.3 Å². The van der Waals surface area contributed by atoms with E-state index >= 15 is 0 Å². The Morgan fingerprint density at radius 3 is 2.94 bits per heavy atom. The number of anilines is 1. The highest BCUT2D eigenvalue weighted by Gasteiger charge is 2.04. The summed E-state index contributed by atoms with van der Waals surface area (Å²) >= 11 is 1.54. The van der Waals surface area contributed by atoms with Gasteiger partial charge in [0.1, 0.15) is 5.01 Å². The summed E-state index contributed by atoms with van der Waals surface area (Å²) in [4.78, 5) is 11.0. The van der Waals surface area contributed by atoms with Crippen molar-refractivity contribution in [2.75, 3.05) is 18.5 Å². The first-order chi connectivity index (χ1) is 7.76. The van der Waals surface area contributed by atoms with Crippen LogP contribution in [-0.2, 0) is 16.0 Å². The van der Waals surface area contributed by atoms with Gasteiger partial charge in [-0.15, -0.1) is 10.2 Å². The highest BCUT2D eigenvalue weighted by Crippen LogP contribution is 2.16. The Labute approximate surface area is 99.2 Å². The molecular weight excluding hydrogens is 226 g/mol. The third kappa shape index (κ3) is 4.57. The molecule has 90 valence electrons. The van der Waals surface area contributed by atoms with Gasteiger partial charge < -0.3 is 10.1 Å². The third-order valence-electron chi connectivity index (χ3n) is 1.84. The van der Waals surface area contributed by atoms with Gasteiger partial charge in [0, 0.05) is 13.0 Å². The summed E-state index contributed by atoms with van der Waals surface area (Å²) in [6.07, 6.45) is 2.38. The van der Waals surface area contributed by atoms with Gasteiger partial charge >= 0.3 is 5.97 Å². The van der Waals surface area contributed by atoms with Crippen molar-refractivity contribution in [1.29, 1.82) is 0 Å². The number of hydrogen-bond donors (Lipinski definition) is 1. The van der Waals surface area contributed by atoms with Crippen LogP contribution < -0.4 is 5.32 Å². The number of hydrogen-bond acceptors (Lipinski definition) is 6. The molecule has 0 atom stereocenters. The van der Waals surface area contributed by atoms with Gasteiger partial charge in [-0.3, -0.25) is 4.79 Å². The van der Waals surface area contributed by atoms with Gasteiger partial charge in [0.25, 0.3) is 0 Å². The molecule has 0 bridgehead atoms. The smallest absolute Gasteiger partial charge is 0.307 e. The predicted octanol–water partition coefficient (Wildman–Crippen LogP) is 1.86. The van der Waals surface area contributed by atoms with Crippen molar-refractivity contribution in [3.63, 3.8) is 0 Å². The van der Waals surface area contributed by atoms with E-state index in [2.05, 4.69) is 22.4 Å². The molecule has 1 aromatic heterocycles. The molecule has 0 saturated heterocycles. The molecular formula is C10H17N3O2S. The van der Waals surface area contributed by atoms with E-state index in [9.17, 15) is 4.79 Å². The highest BCUT2D eigenvalue weighted by molar-refractivity contribution is 7.15. The first-order valence-electron chi connectivity index (χ1n) is 5.48. The molecule has 0 radical (unpaired) electrons.